The zero-order valence-electron chi connectivity index (χ0n) is 20.7. The Hall–Kier alpha value is -4.30. The SMILES string of the molecule is O=C(Nc1ccc(OCc2ccccc2)cc1)c1ccc(NC2=C(Cl)C(=O)N(c3cc(Cl)cc(Cl)c3)C2=O)cc1. The van der Waals surface area contributed by atoms with Gasteiger partial charge < -0.3 is 15.4 Å². The summed E-state index contributed by atoms with van der Waals surface area (Å²) >= 11 is 18.2. The van der Waals surface area contributed by atoms with Gasteiger partial charge in [-0.05, 0) is 72.3 Å². The summed E-state index contributed by atoms with van der Waals surface area (Å²) in [6.45, 7) is 0.446. The summed E-state index contributed by atoms with van der Waals surface area (Å²) in [5, 5.41) is 5.95. The van der Waals surface area contributed by atoms with Gasteiger partial charge in [-0.2, -0.15) is 0 Å². The maximum atomic E-state index is 13.0. The number of nitrogens with zero attached hydrogens (tertiary/aromatic N) is 1. The van der Waals surface area contributed by atoms with E-state index in [1.54, 1.807) is 48.5 Å². The molecule has 4 aromatic rings. The molecule has 1 aliphatic rings. The number of hydrogen-bond donors (Lipinski definition) is 2. The van der Waals surface area contributed by atoms with Gasteiger partial charge in [0, 0.05) is 27.0 Å². The molecule has 1 heterocycles. The Kier molecular flexibility index (Phi) is 8.07. The molecule has 0 fully saturated rings. The summed E-state index contributed by atoms with van der Waals surface area (Å²) < 4.78 is 5.78. The molecule has 200 valence electrons. The molecule has 1 aliphatic heterocycles. The van der Waals surface area contributed by atoms with Gasteiger partial charge in [0.25, 0.3) is 17.7 Å². The Morgan fingerprint density at radius 1 is 0.750 bits per heavy atom. The summed E-state index contributed by atoms with van der Waals surface area (Å²) in [6, 6.07) is 27.6. The van der Waals surface area contributed by atoms with Gasteiger partial charge in [0.05, 0.1) is 5.69 Å². The van der Waals surface area contributed by atoms with E-state index in [4.69, 9.17) is 39.5 Å². The molecule has 2 N–H and O–H groups in total. The van der Waals surface area contributed by atoms with Crippen LogP contribution < -0.4 is 20.3 Å². The molecule has 5 rings (SSSR count). The van der Waals surface area contributed by atoms with Gasteiger partial charge in [-0.3, -0.25) is 14.4 Å². The number of benzene rings is 4. The van der Waals surface area contributed by atoms with Crippen molar-refractivity contribution in [2.24, 2.45) is 0 Å². The molecule has 3 amide bonds. The molecule has 0 bridgehead atoms. The minimum atomic E-state index is -0.708. The second-order valence-corrected chi connectivity index (χ2v) is 9.97. The zero-order chi connectivity index (χ0) is 28.2. The van der Waals surface area contributed by atoms with Crippen molar-refractivity contribution in [3.05, 3.63) is 129 Å². The molecular weight excluding hydrogens is 573 g/mol. The van der Waals surface area contributed by atoms with Crippen molar-refractivity contribution in [1.29, 1.82) is 0 Å². The van der Waals surface area contributed by atoms with E-state index in [0.717, 1.165) is 10.5 Å². The maximum absolute atomic E-state index is 13.0. The lowest BCUT2D eigenvalue weighted by atomic mass is 10.2. The molecule has 0 atom stereocenters. The van der Waals surface area contributed by atoms with Crippen LogP contribution in [0.1, 0.15) is 15.9 Å². The van der Waals surface area contributed by atoms with Crippen molar-refractivity contribution in [2.75, 3.05) is 15.5 Å². The van der Waals surface area contributed by atoms with Gasteiger partial charge >= 0.3 is 0 Å². The lowest BCUT2D eigenvalue weighted by Crippen LogP contribution is -2.32. The molecule has 0 saturated carbocycles. The zero-order valence-corrected chi connectivity index (χ0v) is 22.9. The van der Waals surface area contributed by atoms with Crippen LogP contribution in [-0.2, 0) is 16.2 Å². The van der Waals surface area contributed by atoms with Gasteiger partial charge in [-0.1, -0.05) is 65.1 Å². The fourth-order valence-electron chi connectivity index (χ4n) is 3.94. The van der Waals surface area contributed by atoms with E-state index in [1.807, 2.05) is 30.3 Å². The molecule has 40 heavy (non-hydrogen) atoms. The van der Waals surface area contributed by atoms with Crippen LogP contribution in [0.3, 0.4) is 0 Å². The lowest BCUT2D eigenvalue weighted by Gasteiger charge is -2.16. The number of rotatable bonds is 8. The quantitative estimate of drug-likeness (QED) is 0.210. The van der Waals surface area contributed by atoms with Crippen LogP contribution in [0.4, 0.5) is 17.1 Å². The van der Waals surface area contributed by atoms with Gasteiger partial charge in [0.15, 0.2) is 0 Å². The van der Waals surface area contributed by atoms with Crippen molar-refractivity contribution in [1.82, 2.24) is 0 Å². The van der Waals surface area contributed by atoms with Crippen LogP contribution in [0.5, 0.6) is 5.75 Å². The monoisotopic (exact) mass is 591 g/mol. The first-order chi connectivity index (χ1) is 19.3. The van der Waals surface area contributed by atoms with Gasteiger partial charge in [-0.25, -0.2) is 4.90 Å². The van der Waals surface area contributed by atoms with Crippen LogP contribution in [0.15, 0.2) is 108 Å². The van der Waals surface area contributed by atoms with E-state index in [2.05, 4.69) is 10.6 Å². The number of imide groups is 1. The van der Waals surface area contributed by atoms with Gasteiger partial charge in [0.1, 0.15) is 23.1 Å². The first-order valence-corrected chi connectivity index (χ1v) is 13.1. The van der Waals surface area contributed by atoms with E-state index in [9.17, 15) is 14.4 Å². The summed E-state index contributed by atoms with van der Waals surface area (Å²) in [5.74, 6) is -1.01. The smallest absolute Gasteiger partial charge is 0.283 e. The normalized spacial score (nSPS) is 13.0. The molecule has 0 spiro atoms. The summed E-state index contributed by atoms with van der Waals surface area (Å²) in [5.41, 5.74) is 2.60. The first-order valence-electron chi connectivity index (χ1n) is 12.0. The highest BCUT2D eigenvalue weighted by Crippen LogP contribution is 2.33. The number of nitrogens with one attached hydrogen (secondary N) is 2. The highest BCUT2D eigenvalue weighted by Gasteiger charge is 2.39. The highest BCUT2D eigenvalue weighted by atomic mass is 35.5. The molecule has 7 nitrogen and oxygen atoms in total. The lowest BCUT2D eigenvalue weighted by molar-refractivity contribution is -0.120. The summed E-state index contributed by atoms with van der Waals surface area (Å²) in [4.78, 5) is 39.4. The second kappa shape index (κ2) is 11.8. The molecule has 0 unspecified atom stereocenters. The number of carbonyl (C=O) groups excluding carboxylic acids is 3. The van der Waals surface area contributed by atoms with Crippen molar-refractivity contribution in [3.63, 3.8) is 0 Å². The van der Waals surface area contributed by atoms with Crippen LogP contribution in [0.25, 0.3) is 0 Å². The van der Waals surface area contributed by atoms with E-state index >= 15 is 0 Å². The summed E-state index contributed by atoms with van der Waals surface area (Å²) in [6.07, 6.45) is 0. The van der Waals surface area contributed by atoms with Crippen LogP contribution in [0, 0.1) is 0 Å². The Morgan fingerprint density at radius 3 is 2.02 bits per heavy atom. The fourth-order valence-corrected chi connectivity index (χ4v) is 4.67. The maximum Gasteiger partial charge on any atom is 0.283 e. The van der Waals surface area contributed by atoms with Crippen molar-refractivity contribution < 1.29 is 19.1 Å². The van der Waals surface area contributed by atoms with E-state index in [-0.39, 0.29) is 32.4 Å². The Balaban J connectivity index is 1.20. The average molecular weight is 593 g/mol. The Bertz CT molecular complexity index is 1600. The van der Waals surface area contributed by atoms with Crippen LogP contribution >= 0.6 is 34.8 Å². The molecule has 0 aliphatic carbocycles. The number of halogens is 3. The predicted molar refractivity (Wildman–Crippen MR) is 157 cm³/mol. The predicted octanol–water partition coefficient (Wildman–Crippen LogP) is 7.26. The number of amides is 3. The molecular formula is C30H20Cl3N3O4. The molecule has 10 heteroatoms. The number of carbonyl (C=O) groups is 3. The Labute approximate surface area is 244 Å². The molecule has 0 saturated heterocycles. The fraction of sp³-hybridized carbons (Fsp3) is 0.0333. The molecule has 0 radical (unpaired) electrons. The topological polar surface area (TPSA) is 87.7 Å². The van der Waals surface area contributed by atoms with Crippen LogP contribution in [-0.4, -0.2) is 17.7 Å². The van der Waals surface area contributed by atoms with Crippen LogP contribution in [0.2, 0.25) is 10.0 Å². The van der Waals surface area contributed by atoms with Gasteiger partial charge in [-0.15, -0.1) is 0 Å². The van der Waals surface area contributed by atoms with Crippen molar-refractivity contribution >= 4 is 69.6 Å². The summed E-state index contributed by atoms with van der Waals surface area (Å²) in [7, 11) is 0. The van der Waals surface area contributed by atoms with Crippen molar-refractivity contribution in [2.45, 2.75) is 6.61 Å². The van der Waals surface area contributed by atoms with E-state index < -0.39 is 11.8 Å². The highest BCUT2D eigenvalue weighted by molar-refractivity contribution is 6.53. The second-order valence-electron chi connectivity index (χ2n) is 8.72. The minimum Gasteiger partial charge on any atom is -0.489 e. The third-order valence-electron chi connectivity index (χ3n) is 5.91. The Morgan fingerprint density at radius 2 is 1.38 bits per heavy atom. The standard InChI is InChI=1S/C30H20Cl3N3O4/c31-20-14-21(32)16-24(15-20)36-29(38)26(33)27(30(36)39)34-22-8-6-19(7-9-22)28(37)35-23-10-12-25(13-11-23)40-17-18-4-2-1-3-5-18/h1-16,34H,17H2,(H,35,37). The third kappa shape index (κ3) is 6.13. The number of anilines is 3. The molecule has 4 aromatic carbocycles. The van der Waals surface area contributed by atoms with E-state index in [0.29, 0.717) is 29.3 Å². The van der Waals surface area contributed by atoms with Crippen molar-refractivity contribution in [3.8, 4) is 5.75 Å². The minimum absolute atomic E-state index is 0.102. The molecule has 0 aromatic heterocycles. The first kappa shape index (κ1) is 27.3. The van der Waals surface area contributed by atoms with E-state index in [1.165, 1.54) is 18.2 Å². The number of hydrogen-bond acceptors (Lipinski definition) is 5. The largest absolute Gasteiger partial charge is 0.489 e. The number of ether oxygens (including phenoxy) is 1. The average Bonchev–Trinajstić information content (AvgIpc) is 3.16. The third-order valence-corrected chi connectivity index (χ3v) is 6.70. The van der Waals surface area contributed by atoms with Gasteiger partial charge in [0.2, 0.25) is 0 Å².